The minimum atomic E-state index is -4.13. The van der Waals surface area contributed by atoms with Gasteiger partial charge in [0.25, 0.3) is 15.9 Å². The van der Waals surface area contributed by atoms with Crippen LogP contribution in [-0.2, 0) is 10.0 Å². The highest BCUT2D eigenvalue weighted by Gasteiger charge is 2.23. The Morgan fingerprint density at radius 1 is 1.00 bits per heavy atom. The average molecular weight is 439 g/mol. The molecule has 0 fully saturated rings. The SMILES string of the molecule is O=C(NS(=O)(=O)c1cnccc1Sc1cccc(Cl)c1)c1ccc(Cl)cc1. The maximum absolute atomic E-state index is 12.7. The average Bonchev–Trinajstić information content (AvgIpc) is 2.62. The van der Waals surface area contributed by atoms with Gasteiger partial charge in [-0.3, -0.25) is 9.78 Å². The number of nitrogens with one attached hydrogen (secondary N) is 1. The number of carbonyl (C=O) groups excluding carboxylic acids is 1. The Hall–Kier alpha value is -2.06. The first kappa shape index (κ1) is 19.7. The van der Waals surface area contributed by atoms with Gasteiger partial charge >= 0.3 is 0 Å². The lowest BCUT2D eigenvalue weighted by molar-refractivity contribution is 0.0981. The van der Waals surface area contributed by atoms with Crippen LogP contribution in [0.1, 0.15) is 10.4 Å². The molecule has 1 aromatic heterocycles. The van der Waals surface area contributed by atoms with Gasteiger partial charge in [0.15, 0.2) is 0 Å². The zero-order chi connectivity index (χ0) is 19.4. The summed E-state index contributed by atoms with van der Waals surface area (Å²) in [4.78, 5) is 17.2. The Morgan fingerprint density at radius 3 is 2.44 bits per heavy atom. The summed E-state index contributed by atoms with van der Waals surface area (Å²) >= 11 is 13.0. The van der Waals surface area contributed by atoms with Crippen molar-refractivity contribution in [2.75, 3.05) is 0 Å². The van der Waals surface area contributed by atoms with E-state index in [0.29, 0.717) is 14.9 Å². The van der Waals surface area contributed by atoms with E-state index in [1.807, 2.05) is 0 Å². The monoisotopic (exact) mass is 438 g/mol. The van der Waals surface area contributed by atoms with E-state index in [-0.39, 0.29) is 10.5 Å². The highest BCUT2D eigenvalue weighted by atomic mass is 35.5. The van der Waals surface area contributed by atoms with Gasteiger partial charge in [-0.25, -0.2) is 13.1 Å². The van der Waals surface area contributed by atoms with E-state index in [9.17, 15) is 13.2 Å². The fourth-order valence-corrected chi connectivity index (χ4v) is 4.86. The molecule has 3 aromatic rings. The van der Waals surface area contributed by atoms with Gasteiger partial charge in [-0.15, -0.1) is 0 Å². The molecule has 2 aromatic carbocycles. The van der Waals surface area contributed by atoms with Crippen LogP contribution >= 0.6 is 35.0 Å². The van der Waals surface area contributed by atoms with Crippen LogP contribution in [0.3, 0.4) is 0 Å². The molecular weight excluding hydrogens is 427 g/mol. The van der Waals surface area contributed by atoms with Crippen molar-refractivity contribution >= 4 is 50.9 Å². The van der Waals surface area contributed by atoms with E-state index in [4.69, 9.17) is 23.2 Å². The van der Waals surface area contributed by atoms with E-state index in [1.165, 1.54) is 48.4 Å². The lowest BCUT2D eigenvalue weighted by Gasteiger charge is -2.11. The summed E-state index contributed by atoms with van der Waals surface area (Å²) in [5.74, 6) is -0.755. The van der Waals surface area contributed by atoms with Crippen LogP contribution in [0.2, 0.25) is 10.0 Å². The number of nitrogens with zero attached hydrogens (tertiary/aromatic N) is 1. The minimum Gasteiger partial charge on any atom is -0.268 e. The van der Waals surface area contributed by atoms with Gasteiger partial charge in [-0.05, 0) is 48.5 Å². The van der Waals surface area contributed by atoms with Crippen molar-refractivity contribution in [3.8, 4) is 0 Å². The van der Waals surface area contributed by atoms with E-state index >= 15 is 0 Å². The second-order valence-corrected chi connectivity index (χ2v) is 8.96. The number of pyridine rings is 1. The molecule has 0 atom stereocenters. The summed E-state index contributed by atoms with van der Waals surface area (Å²) < 4.78 is 27.5. The van der Waals surface area contributed by atoms with Gasteiger partial charge < -0.3 is 0 Å². The molecule has 27 heavy (non-hydrogen) atoms. The predicted octanol–water partition coefficient (Wildman–Crippen LogP) is 4.66. The van der Waals surface area contributed by atoms with Gasteiger partial charge in [0.2, 0.25) is 0 Å². The topological polar surface area (TPSA) is 76.1 Å². The molecule has 0 unspecified atom stereocenters. The van der Waals surface area contributed by atoms with Crippen LogP contribution in [0.4, 0.5) is 0 Å². The molecular formula is C18H12Cl2N2O3S2. The lowest BCUT2D eigenvalue weighted by Crippen LogP contribution is -2.31. The molecule has 138 valence electrons. The van der Waals surface area contributed by atoms with Crippen molar-refractivity contribution in [3.63, 3.8) is 0 Å². The van der Waals surface area contributed by atoms with Crippen LogP contribution in [0.15, 0.2) is 81.7 Å². The number of hydrogen-bond donors (Lipinski definition) is 1. The van der Waals surface area contributed by atoms with Crippen molar-refractivity contribution in [3.05, 3.63) is 82.6 Å². The van der Waals surface area contributed by atoms with E-state index in [1.54, 1.807) is 30.3 Å². The van der Waals surface area contributed by atoms with Gasteiger partial charge in [0.1, 0.15) is 4.90 Å². The molecule has 1 N–H and O–H groups in total. The second kappa shape index (κ2) is 8.31. The molecule has 0 aliphatic carbocycles. The third-order valence-corrected chi connectivity index (χ3v) is 6.43. The van der Waals surface area contributed by atoms with Crippen molar-refractivity contribution in [1.82, 2.24) is 9.71 Å². The number of sulfonamides is 1. The fourth-order valence-electron chi connectivity index (χ4n) is 2.15. The summed E-state index contributed by atoms with van der Waals surface area (Å²) in [5.41, 5.74) is 0.177. The Bertz CT molecular complexity index is 1090. The summed E-state index contributed by atoms with van der Waals surface area (Å²) in [6.07, 6.45) is 2.68. The van der Waals surface area contributed by atoms with Crippen LogP contribution < -0.4 is 4.72 Å². The van der Waals surface area contributed by atoms with Gasteiger partial charge in [0.05, 0.1) is 0 Å². The first-order valence-electron chi connectivity index (χ1n) is 7.55. The number of benzene rings is 2. The molecule has 0 saturated heterocycles. The van der Waals surface area contributed by atoms with Crippen molar-refractivity contribution < 1.29 is 13.2 Å². The Labute approximate surface area is 170 Å². The number of rotatable bonds is 5. The Morgan fingerprint density at radius 2 is 1.74 bits per heavy atom. The number of amides is 1. The number of hydrogen-bond acceptors (Lipinski definition) is 5. The molecule has 0 bridgehead atoms. The molecule has 0 aliphatic rings. The fraction of sp³-hybridized carbons (Fsp3) is 0. The van der Waals surface area contributed by atoms with Crippen LogP contribution in [0.5, 0.6) is 0 Å². The quantitative estimate of drug-likeness (QED) is 0.626. The number of carbonyl (C=O) groups is 1. The smallest absolute Gasteiger partial charge is 0.266 e. The Balaban J connectivity index is 1.88. The standard InChI is InChI=1S/C18H12Cl2N2O3S2/c19-13-6-4-12(5-7-13)18(23)22-27(24,25)17-11-21-9-8-16(17)26-15-3-1-2-14(20)10-15/h1-11H,(H,22,23). The number of halogens is 2. The van der Waals surface area contributed by atoms with Crippen LogP contribution in [-0.4, -0.2) is 19.3 Å². The zero-order valence-corrected chi connectivity index (χ0v) is 16.7. The normalized spacial score (nSPS) is 11.2. The molecule has 0 saturated carbocycles. The van der Waals surface area contributed by atoms with Crippen molar-refractivity contribution in [2.24, 2.45) is 0 Å². The molecule has 0 radical (unpaired) electrons. The first-order valence-corrected chi connectivity index (χ1v) is 10.6. The lowest BCUT2D eigenvalue weighted by atomic mass is 10.2. The third kappa shape index (κ3) is 5.01. The molecule has 1 amide bonds. The van der Waals surface area contributed by atoms with Gasteiger partial charge in [-0.1, -0.05) is 41.0 Å². The van der Waals surface area contributed by atoms with Gasteiger partial charge in [0, 0.05) is 37.8 Å². The molecule has 9 heteroatoms. The van der Waals surface area contributed by atoms with Crippen molar-refractivity contribution in [2.45, 2.75) is 14.7 Å². The van der Waals surface area contributed by atoms with E-state index < -0.39 is 15.9 Å². The van der Waals surface area contributed by atoms with Crippen LogP contribution in [0.25, 0.3) is 0 Å². The zero-order valence-electron chi connectivity index (χ0n) is 13.6. The molecule has 0 spiro atoms. The number of aromatic nitrogens is 1. The largest absolute Gasteiger partial charge is 0.268 e. The molecule has 3 rings (SSSR count). The first-order chi connectivity index (χ1) is 12.8. The Kier molecular flexibility index (Phi) is 6.06. The van der Waals surface area contributed by atoms with E-state index in [2.05, 4.69) is 9.71 Å². The maximum Gasteiger partial charge on any atom is 0.266 e. The minimum absolute atomic E-state index is 0.0997. The van der Waals surface area contributed by atoms with Crippen molar-refractivity contribution in [1.29, 1.82) is 0 Å². The predicted molar refractivity (Wildman–Crippen MR) is 106 cm³/mol. The summed E-state index contributed by atoms with van der Waals surface area (Å²) in [6.45, 7) is 0. The maximum atomic E-state index is 12.7. The summed E-state index contributed by atoms with van der Waals surface area (Å²) in [6, 6.07) is 14.5. The second-order valence-electron chi connectivity index (χ2n) is 5.32. The summed E-state index contributed by atoms with van der Waals surface area (Å²) in [5, 5.41) is 0.983. The van der Waals surface area contributed by atoms with E-state index in [0.717, 1.165) is 4.90 Å². The van der Waals surface area contributed by atoms with Gasteiger partial charge in [-0.2, -0.15) is 0 Å². The molecule has 5 nitrogen and oxygen atoms in total. The molecule has 1 heterocycles. The molecule has 0 aliphatic heterocycles. The summed E-state index contributed by atoms with van der Waals surface area (Å²) in [7, 11) is -4.13. The third-order valence-electron chi connectivity index (χ3n) is 3.39. The highest BCUT2D eigenvalue weighted by Crippen LogP contribution is 2.33. The van der Waals surface area contributed by atoms with Crippen LogP contribution in [0, 0.1) is 0 Å². The highest BCUT2D eigenvalue weighted by molar-refractivity contribution is 8.00.